The number of thioether (sulfide) groups is 1. The Hall–Kier alpha value is -2.57. The summed E-state index contributed by atoms with van der Waals surface area (Å²) in [4.78, 5) is 20.8. The van der Waals surface area contributed by atoms with Gasteiger partial charge in [0.1, 0.15) is 11.5 Å². The van der Waals surface area contributed by atoms with E-state index in [1.165, 1.54) is 18.2 Å². The van der Waals surface area contributed by atoms with Crippen molar-refractivity contribution in [2.24, 2.45) is 4.99 Å². The quantitative estimate of drug-likeness (QED) is 0.341. The summed E-state index contributed by atoms with van der Waals surface area (Å²) in [6, 6.07) is 21.9. The summed E-state index contributed by atoms with van der Waals surface area (Å²) in [6.07, 6.45) is 7.46. The lowest BCUT2D eigenvalue weighted by atomic mass is 9.94. The predicted molar refractivity (Wildman–Crippen MR) is 135 cm³/mol. The molecule has 0 spiro atoms. The molecule has 2 heterocycles. The third-order valence-electron chi connectivity index (χ3n) is 5.77. The number of carbonyl (C=O) groups excluding carboxylic acids is 1. The van der Waals surface area contributed by atoms with Gasteiger partial charge in [0, 0.05) is 22.2 Å². The zero-order valence-electron chi connectivity index (χ0n) is 17.5. The number of para-hydroxylation sites is 1. The standard InChI is InChI=1S/C26H23BrN2O2S/c27-19-9-7-8-18(16-19)23-15-14-22(31-23)17-24-25(30)29(21-12-5-2-6-13-21)26(32-24)28-20-10-3-1-4-11-20/h1,3-4,7-11,14-17,21H,2,5-6,12-13H2/b24-17-,28-26?. The van der Waals surface area contributed by atoms with Gasteiger partial charge in [-0.05, 0) is 61.0 Å². The van der Waals surface area contributed by atoms with Crippen molar-refractivity contribution in [3.63, 3.8) is 0 Å². The summed E-state index contributed by atoms with van der Waals surface area (Å²) in [5.74, 6) is 1.47. The van der Waals surface area contributed by atoms with Crippen LogP contribution in [0.2, 0.25) is 0 Å². The number of aliphatic imine (C=N–C) groups is 1. The van der Waals surface area contributed by atoms with Gasteiger partial charge in [-0.25, -0.2) is 4.99 Å². The first-order valence-electron chi connectivity index (χ1n) is 10.9. The van der Waals surface area contributed by atoms with Crippen LogP contribution in [0.5, 0.6) is 0 Å². The molecule has 3 aromatic rings. The van der Waals surface area contributed by atoms with E-state index in [1.807, 2.05) is 77.7 Å². The molecule has 6 heteroatoms. The van der Waals surface area contributed by atoms with E-state index in [0.29, 0.717) is 10.7 Å². The average Bonchev–Trinajstić information content (AvgIpc) is 3.40. The molecule has 0 N–H and O–H groups in total. The van der Waals surface area contributed by atoms with Crippen molar-refractivity contribution < 1.29 is 9.21 Å². The molecular formula is C26H23BrN2O2S. The van der Waals surface area contributed by atoms with Gasteiger partial charge in [0.25, 0.3) is 5.91 Å². The number of carbonyl (C=O) groups is 1. The van der Waals surface area contributed by atoms with Crippen LogP contribution in [0, 0.1) is 0 Å². The van der Waals surface area contributed by atoms with Gasteiger partial charge in [0.05, 0.1) is 10.6 Å². The molecular weight excluding hydrogens is 484 g/mol. The molecule has 0 radical (unpaired) electrons. The Morgan fingerprint density at radius 1 is 1.00 bits per heavy atom. The Labute approximate surface area is 200 Å². The molecule has 32 heavy (non-hydrogen) atoms. The predicted octanol–water partition coefficient (Wildman–Crippen LogP) is 7.65. The fraction of sp³-hybridized carbons (Fsp3) is 0.231. The van der Waals surface area contributed by atoms with Crippen molar-refractivity contribution in [3.05, 3.63) is 81.9 Å². The number of amidine groups is 1. The highest BCUT2D eigenvalue weighted by Crippen LogP contribution is 2.39. The molecule has 0 bridgehead atoms. The van der Waals surface area contributed by atoms with Crippen molar-refractivity contribution in [2.75, 3.05) is 0 Å². The minimum absolute atomic E-state index is 0.0250. The molecule has 1 saturated carbocycles. The molecule has 1 aliphatic carbocycles. The largest absolute Gasteiger partial charge is 0.457 e. The number of halogens is 1. The van der Waals surface area contributed by atoms with E-state index in [1.54, 1.807) is 0 Å². The molecule has 5 rings (SSSR count). The van der Waals surface area contributed by atoms with Gasteiger partial charge in [0.15, 0.2) is 5.17 Å². The Kier molecular flexibility index (Phi) is 6.32. The second-order valence-electron chi connectivity index (χ2n) is 8.02. The molecule has 2 aromatic carbocycles. The molecule has 0 atom stereocenters. The van der Waals surface area contributed by atoms with E-state index in [0.717, 1.165) is 52.3 Å². The number of rotatable bonds is 4. The van der Waals surface area contributed by atoms with Gasteiger partial charge in [0.2, 0.25) is 0 Å². The fourth-order valence-electron chi connectivity index (χ4n) is 4.20. The SMILES string of the molecule is O=C1/C(=C/c2ccc(-c3cccc(Br)c3)o2)SC(=Nc2ccccc2)N1C1CCCCC1. The van der Waals surface area contributed by atoms with E-state index in [2.05, 4.69) is 15.9 Å². The first-order chi connectivity index (χ1) is 15.7. The Morgan fingerprint density at radius 2 is 1.81 bits per heavy atom. The zero-order chi connectivity index (χ0) is 21.9. The lowest BCUT2D eigenvalue weighted by molar-refractivity contribution is -0.124. The van der Waals surface area contributed by atoms with Crippen molar-refractivity contribution in [1.29, 1.82) is 0 Å². The molecule has 1 saturated heterocycles. The van der Waals surface area contributed by atoms with E-state index >= 15 is 0 Å². The zero-order valence-corrected chi connectivity index (χ0v) is 19.9. The van der Waals surface area contributed by atoms with E-state index in [4.69, 9.17) is 9.41 Å². The Bertz CT molecular complexity index is 1180. The number of nitrogens with zero attached hydrogens (tertiary/aromatic N) is 2. The minimum atomic E-state index is 0.0250. The maximum atomic E-state index is 13.4. The highest BCUT2D eigenvalue weighted by Gasteiger charge is 2.38. The van der Waals surface area contributed by atoms with Crippen LogP contribution in [0.3, 0.4) is 0 Å². The third kappa shape index (κ3) is 4.62. The van der Waals surface area contributed by atoms with Gasteiger partial charge < -0.3 is 4.42 Å². The normalized spacial score (nSPS) is 19.9. The van der Waals surface area contributed by atoms with Crippen LogP contribution in [0.4, 0.5) is 5.69 Å². The topological polar surface area (TPSA) is 45.8 Å². The second-order valence-corrected chi connectivity index (χ2v) is 9.94. The summed E-state index contributed by atoms with van der Waals surface area (Å²) < 4.78 is 7.05. The smallest absolute Gasteiger partial charge is 0.267 e. The molecule has 2 aliphatic rings. The van der Waals surface area contributed by atoms with E-state index < -0.39 is 0 Å². The van der Waals surface area contributed by atoms with Crippen LogP contribution in [0.15, 0.2) is 85.5 Å². The van der Waals surface area contributed by atoms with Crippen molar-refractivity contribution in [1.82, 2.24) is 4.90 Å². The highest BCUT2D eigenvalue weighted by atomic mass is 79.9. The van der Waals surface area contributed by atoms with E-state index in [-0.39, 0.29) is 11.9 Å². The number of furan rings is 1. The fourth-order valence-corrected chi connectivity index (χ4v) is 5.63. The van der Waals surface area contributed by atoms with E-state index in [9.17, 15) is 4.79 Å². The number of hydrogen-bond acceptors (Lipinski definition) is 4. The maximum Gasteiger partial charge on any atom is 0.267 e. The summed E-state index contributed by atoms with van der Waals surface area (Å²) in [6.45, 7) is 0. The van der Waals surface area contributed by atoms with Gasteiger partial charge in [-0.3, -0.25) is 9.69 Å². The molecule has 1 aliphatic heterocycles. The third-order valence-corrected chi connectivity index (χ3v) is 7.24. The van der Waals surface area contributed by atoms with Gasteiger partial charge in [-0.15, -0.1) is 0 Å². The van der Waals surface area contributed by atoms with Crippen LogP contribution < -0.4 is 0 Å². The van der Waals surface area contributed by atoms with Gasteiger partial charge >= 0.3 is 0 Å². The monoisotopic (exact) mass is 506 g/mol. The van der Waals surface area contributed by atoms with Crippen LogP contribution in [-0.2, 0) is 4.79 Å². The molecule has 1 amide bonds. The Morgan fingerprint density at radius 3 is 2.59 bits per heavy atom. The first-order valence-corrected chi connectivity index (χ1v) is 12.5. The number of benzene rings is 2. The van der Waals surface area contributed by atoms with Crippen LogP contribution in [0.25, 0.3) is 17.4 Å². The lowest BCUT2D eigenvalue weighted by Crippen LogP contribution is -2.40. The Balaban J connectivity index is 1.46. The molecule has 4 nitrogen and oxygen atoms in total. The first kappa shape index (κ1) is 21.3. The van der Waals surface area contributed by atoms with Gasteiger partial charge in [-0.1, -0.05) is 65.5 Å². The number of amides is 1. The van der Waals surface area contributed by atoms with Crippen molar-refractivity contribution >= 4 is 50.5 Å². The van der Waals surface area contributed by atoms with Crippen molar-refractivity contribution in [2.45, 2.75) is 38.1 Å². The minimum Gasteiger partial charge on any atom is -0.457 e. The lowest BCUT2D eigenvalue weighted by Gasteiger charge is -2.30. The molecule has 2 fully saturated rings. The van der Waals surface area contributed by atoms with Crippen LogP contribution in [0.1, 0.15) is 37.9 Å². The number of hydrogen-bond donors (Lipinski definition) is 0. The molecule has 0 unspecified atom stereocenters. The average molecular weight is 507 g/mol. The van der Waals surface area contributed by atoms with Crippen molar-refractivity contribution in [3.8, 4) is 11.3 Å². The highest BCUT2D eigenvalue weighted by molar-refractivity contribution is 9.10. The molecule has 1 aromatic heterocycles. The summed E-state index contributed by atoms with van der Waals surface area (Å²) in [5, 5.41) is 0.762. The summed E-state index contributed by atoms with van der Waals surface area (Å²) >= 11 is 4.94. The van der Waals surface area contributed by atoms with Crippen LogP contribution >= 0.6 is 27.7 Å². The van der Waals surface area contributed by atoms with Crippen LogP contribution in [-0.4, -0.2) is 22.0 Å². The molecule has 162 valence electrons. The second kappa shape index (κ2) is 9.51. The summed E-state index contributed by atoms with van der Waals surface area (Å²) in [7, 11) is 0. The maximum absolute atomic E-state index is 13.4. The summed E-state index contributed by atoms with van der Waals surface area (Å²) in [5.41, 5.74) is 1.85. The van der Waals surface area contributed by atoms with Gasteiger partial charge in [-0.2, -0.15) is 0 Å².